The van der Waals surface area contributed by atoms with Gasteiger partial charge in [-0.05, 0) is 80.8 Å². The van der Waals surface area contributed by atoms with Crippen molar-refractivity contribution in [3.63, 3.8) is 0 Å². The molecule has 4 rings (SSSR count). The van der Waals surface area contributed by atoms with Gasteiger partial charge in [-0.25, -0.2) is 12.8 Å². The lowest BCUT2D eigenvalue weighted by Gasteiger charge is -2.34. The second kappa shape index (κ2) is 14.7. The highest BCUT2D eigenvalue weighted by atomic mass is 35.5. The summed E-state index contributed by atoms with van der Waals surface area (Å²) in [5.41, 5.74) is 2.98. The Hall–Kier alpha value is -4.21. The number of amides is 2. The van der Waals surface area contributed by atoms with Crippen LogP contribution in [0.4, 0.5) is 10.1 Å². The lowest BCUT2D eigenvalue weighted by molar-refractivity contribution is -0.140. The Morgan fingerprint density at radius 1 is 0.844 bits per heavy atom. The third-order valence-corrected chi connectivity index (χ3v) is 9.55. The Kier molecular flexibility index (Phi) is 11.0. The average molecular weight is 650 g/mol. The molecule has 0 aromatic heterocycles. The minimum atomic E-state index is -4.26. The van der Waals surface area contributed by atoms with Gasteiger partial charge >= 0.3 is 0 Å². The van der Waals surface area contributed by atoms with Crippen molar-refractivity contribution in [1.82, 2.24) is 10.2 Å². The minimum Gasteiger partial charge on any atom is -0.352 e. The summed E-state index contributed by atoms with van der Waals surface area (Å²) >= 11 is 6.42. The van der Waals surface area contributed by atoms with Crippen LogP contribution in [0.25, 0.3) is 0 Å². The van der Waals surface area contributed by atoms with E-state index in [1.807, 2.05) is 51.1 Å². The molecule has 236 valence electrons. The topological polar surface area (TPSA) is 86.8 Å². The van der Waals surface area contributed by atoms with Gasteiger partial charge in [-0.3, -0.25) is 13.9 Å². The first-order chi connectivity index (χ1) is 21.4. The van der Waals surface area contributed by atoms with Gasteiger partial charge in [0.05, 0.1) is 10.6 Å². The van der Waals surface area contributed by atoms with Gasteiger partial charge in [0.15, 0.2) is 0 Å². The van der Waals surface area contributed by atoms with Gasteiger partial charge in [0.2, 0.25) is 11.8 Å². The SMILES string of the molecule is Cc1ccc(S(=O)(=O)N(CC(=O)N(Cc2ccc(F)cc2)[C@H](Cc2ccccc2)C(=O)NC(C)C)c2cccc(Cl)c2C)cc1. The molecule has 0 heterocycles. The predicted molar refractivity (Wildman–Crippen MR) is 176 cm³/mol. The molecule has 0 aliphatic carbocycles. The van der Waals surface area contributed by atoms with Crippen LogP contribution in [0.2, 0.25) is 5.02 Å². The molecular weight excluding hydrogens is 613 g/mol. The van der Waals surface area contributed by atoms with Gasteiger partial charge < -0.3 is 10.2 Å². The number of nitrogens with one attached hydrogen (secondary N) is 1. The number of halogens is 2. The average Bonchev–Trinajstić information content (AvgIpc) is 3.00. The third-order valence-electron chi connectivity index (χ3n) is 7.36. The second-order valence-electron chi connectivity index (χ2n) is 11.2. The van der Waals surface area contributed by atoms with E-state index in [1.54, 1.807) is 37.3 Å². The number of anilines is 1. The highest BCUT2D eigenvalue weighted by Gasteiger charge is 2.35. The van der Waals surface area contributed by atoms with Crippen molar-refractivity contribution in [3.05, 3.63) is 130 Å². The van der Waals surface area contributed by atoms with E-state index in [-0.39, 0.29) is 29.6 Å². The Bertz CT molecular complexity index is 1730. The van der Waals surface area contributed by atoms with E-state index in [9.17, 15) is 22.4 Å². The minimum absolute atomic E-state index is 0.00347. The summed E-state index contributed by atoms with van der Waals surface area (Å²) in [4.78, 5) is 29.6. The highest BCUT2D eigenvalue weighted by molar-refractivity contribution is 7.92. The molecule has 1 N–H and O–H groups in total. The molecule has 0 fully saturated rings. The molecule has 2 amide bonds. The number of hydrogen-bond donors (Lipinski definition) is 1. The summed E-state index contributed by atoms with van der Waals surface area (Å²) in [7, 11) is -4.26. The van der Waals surface area contributed by atoms with Crippen molar-refractivity contribution < 1.29 is 22.4 Å². The molecular formula is C35H37ClFN3O4S. The third kappa shape index (κ3) is 8.49. The molecule has 1 atom stereocenters. The van der Waals surface area contributed by atoms with E-state index >= 15 is 0 Å². The number of hydrogen-bond acceptors (Lipinski definition) is 4. The Morgan fingerprint density at radius 2 is 1.49 bits per heavy atom. The van der Waals surface area contributed by atoms with Crippen LogP contribution in [0, 0.1) is 19.7 Å². The largest absolute Gasteiger partial charge is 0.352 e. The summed E-state index contributed by atoms with van der Waals surface area (Å²) in [6.07, 6.45) is 0.174. The standard InChI is InChI=1S/C35H37ClFN3O4S/c1-24(2)38-35(42)33(21-27-9-6-5-7-10-27)39(22-28-15-17-29(37)18-16-28)34(41)23-40(32-12-8-11-31(36)26(32)4)45(43,44)30-19-13-25(3)14-20-30/h5-20,24,33H,21-23H2,1-4H3,(H,38,42)/t33-/m1/s1. The zero-order chi connectivity index (χ0) is 32.7. The molecule has 0 saturated heterocycles. The fourth-order valence-electron chi connectivity index (χ4n) is 4.94. The van der Waals surface area contributed by atoms with E-state index in [0.29, 0.717) is 16.1 Å². The number of rotatable bonds is 12. The van der Waals surface area contributed by atoms with Crippen LogP contribution in [0.1, 0.15) is 36.1 Å². The smallest absolute Gasteiger partial charge is 0.264 e. The molecule has 45 heavy (non-hydrogen) atoms. The van der Waals surface area contributed by atoms with Gasteiger partial charge in [0.1, 0.15) is 18.4 Å². The number of aryl methyl sites for hydroxylation is 1. The van der Waals surface area contributed by atoms with Crippen molar-refractivity contribution in [1.29, 1.82) is 0 Å². The van der Waals surface area contributed by atoms with Gasteiger partial charge in [0.25, 0.3) is 10.0 Å². The monoisotopic (exact) mass is 649 g/mol. The van der Waals surface area contributed by atoms with Crippen LogP contribution in [0.15, 0.2) is 102 Å². The van der Waals surface area contributed by atoms with Crippen molar-refractivity contribution in [3.8, 4) is 0 Å². The second-order valence-corrected chi connectivity index (χ2v) is 13.5. The first kappa shape index (κ1) is 33.7. The van der Waals surface area contributed by atoms with Crippen LogP contribution in [0.5, 0.6) is 0 Å². The van der Waals surface area contributed by atoms with E-state index in [0.717, 1.165) is 15.4 Å². The van der Waals surface area contributed by atoms with E-state index < -0.39 is 40.2 Å². The first-order valence-electron chi connectivity index (χ1n) is 14.6. The Balaban J connectivity index is 1.83. The van der Waals surface area contributed by atoms with Gasteiger partial charge in [-0.1, -0.05) is 77.8 Å². The Labute approximate surface area is 269 Å². The lowest BCUT2D eigenvalue weighted by atomic mass is 10.0. The van der Waals surface area contributed by atoms with Crippen molar-refractivity contribution >= 4 is 39.1 Å². The van der Waals surface area contributed by atoms with Gasteiger partial charge in [-0.15, -0.1) is 0 Å². The summed E-state index contributed by atoms with van der Waals surface area (Å²) in [6.45, 7) is 6.50. The number of nitrogens with zero attached hydrogens (tertiary/aromatic N) is 2. The number of carbonyl (C=O) groups excluding carboxylic acids is 2. The van der Waals surface area contributed by atoms with E-state index in [2.05, 4.69) is 5.32 Å². The summed E-state index contributed by atoms with van der Waals surface area (Å²) in [5, 5.41) is 3.25. The summed E-state index contributed by atoms with van der Waals surface area (Å²) in [5.74, 6) is -1.45. The van der Waals surface area contributed by atoms with Crippen LogP contribution in [0.3, 0.4) is 0 Å². The van der Waals surface area contributed by atoms with Crippen LogP contribution >= 0.6 is 11.6 Å². The van der Waals surface area contributed by atoms with Gasteiger partial charge in [-0.2, -0.15) is 0 Å². The molecule has 4 aromatic carbocycles. The maximum Gasteiger partial charge on any atom is 0.264 e. The molecule has 7 nitrogen and oxygen atoms in total. The molecule has 0 bridgehead atoms. The molecule has 0 aliphatic heterocycles. The Morgan fingerprint density at radius 3 is 2.11 bits per heavy atom. The zero-order valence-corrected chi connectivity index (χ0v) is 27.3. The van der Waals surface area contributed by atoms with E-state index in [1.165, 1.54) is 41.3 Å². The van der Waals surface area contributed by atoms with Crippen molar-refractivity contribution in [2.45, 2.75) is 57.6 Å². The molecule has 0 radical (unpaired) electrons. The normalized spacial score (nSPS) is 12.1. The summed E-state index contributed by atoms with van der Waals surface area (Å²) < 4.78 is 43.2. The van der Waals surface area contributed by atoms with Crippen LogP contribution in [-0.4, -0.2) is 43.8 Å². The lowest BCUT2D eigenvalue weighted by Crippen LogP contribution is -2.54. The molecule has 10 heteroatoms. The van der Waals surface area contributed by atoms with Crippen molar-refractivity contribution in [2.24, 2.45) is 0 Å². The first-order valence-corrected chi connectivity index (χ1v) is 16.4. The maximum atomic E-state index is 14.5. The highest BCUT2D eigenvalue weighted by Crippen LogP contribution is 2.31. The number of sulfonamides is 1. The maximum absolute atomic E-state index is 14.5. The van der Waals surface area contributed by atoms with Crippen LogP contribution in [-0.2, 0) is 32.6 Å². The van der Waals surface area contributed by atoms with E-state index in [4.69, 9.17) is 11.6 Å². The van der Waals surface area contributed by atoms with Gasteiger partial charge in [0, 0.05) is 24.0 Å². The zero-order valence-electron chi connectivity index (χ0n) is 25.7. The molecule has 0 unspecified atom stereocenters. The predicted octanol–water partition coefficient (Wildman–Crippen LogP) is 6.46. The summed E-state index contributed by atoms with van der Waals surface area (Å²) in [6, 6.07) is 24.9. The number of carbonyl (C=O) groups is 2. The number of benzene rings is 4. The molecule has 4 aromatic rings. The molecule has 0 saturated carbocycles. The fraction of sp³-hybridized carbons (Fsp3) is 0.257. The fourth-order valence-corrected chi connectivity index (χ4v) is 6.58. The van der Waals surface area contributed by atoms with Crippen LogP contribution < -0.4 is 9.62 Å². The molecule has 0 aliphatic rings. The molecule has 0 spiro atoms. The van der Waals surface area contributed by atoms with Crippen molar-refractivity contribution in [2.75, 3.05) is 10.8 Å². The quantitative estimate of drug-likeness (QED) is 0.191.